The Morgan fingerprint density at radius 3 is 2.42 bits per heavy atom. The van der Waals surface area contributed by atoms with E-state index >= 15 is 0 Å². The van der Waals surface area contributed by atoms with Crippen molar-refractivity contribution in [2.75, 3.05) is 19.8 Å². The molecule has 1 fully saturated rings. The summed E-state index contributed by atoms with van der Waals surface area (Å²) in [7, 11) is 0. The van der Waals surface area contributed by atoms with Crippen molar-refractivity contribution in [3.05, 3.63) is 0 Å². The number of nitrogens with one attached hydrogen (secondary N) is 1. The van der Waals surface area contributed by atoms with E-state index in [2.05, 4.69) is 5.32 Å². The Balaban J connectivity index is 1.94. The van der Waals surface area contributed by atoms with Crippen molar-refractivity contribution < 1.29 is 24.2 Å². The monoisotopic (exact) mass is 344 g/mol. The Morgan fingerprint density at radius 2 is 1.75 bits per heavy atom. The van der Waals surface area contributed by atoms with E-state index in [9.17, 15) is 9.59 Å². The molecule has 0 bridgehead atoms. The second-order valence-corrected chi connectivity index (χ2v) is 6.34. The first-order valence-electron chi connectivity index (χ1n) is 9.10. The molecule has 7 nitrogen and oxygen atoms in total. The van der Waals surface area contributed by atoms with Gasteiger partial charge in [0.2, 0.25) is 0 Å². The predicted octanol–water partition coefficient (Wildman–Crippen LogP) is 2.42. The average molecular weight is 344 g/mol. The van der Waals surface area contributed by atoms with E-state index in [4.69, 9.17) is 20.3 Å². The molecule has 4 N–H and O–H groups in total. The van der Waals surface area contributed by atoms with Crippen LogP contribution in [0.15, 0.2) is 0 Å². The number of alkyl carbamates (subject to hydrolysis) is 1. The van der Waals surface area contributed by atoms with Crippen LogP contribution in [-0.2, 0) is 14.3 Å². The van der Waals surface area contributed by atoms with E-state index in [1.807, 2.05) is 0 Å². The van der Waals surface area contributed by atoms with Crippen molar-refractivity contribution >= 4 is 12.1 Å². The van der Waals surface area contributed by atoms with Crippen molar-refractivity contribution in [1.29, 1.82) is 0 Å². The van der Waals surface area contributed by atoms with Gasteiger partial charge in [-0.1, -0.05) is 32.1 Å². The maximum absolute atomic E-state index is 11.5. The molecule has 1 aliphatic carbocycles. The zero-order valence-electron chi connectivity index (χ0n) is 14.5. The van der Waals surface area contributed by atoms with Gasteiger partial charge in [0.15, 0.2) is 0 Å². The lowest BCUT2D eigenvalue weighted by Gasteiger charge is -2.20. The molecule has 1 saturated carbocycles. The predicted molar refractivity (Wildman–Crippen MR) is 90.9 cm³/mol. The van der Waals surface area contributed by atoms with Crippen molar-refractivity contribution in [2.24, 2.45) is 5.73 Å². The van der Waals surface area contributed by atoms with Crippen LogP contribution in [-0.4, -0.2) is 49.1 Å². The number of unbranched alkanes of at least 4 members (excludes halogenated alkanes) is 1. The number of nitrogens with two attached hydrogens (primary N) is 1. The summed E-state index contributed by atoms with van der Waals surface area (Å²) in [6.45, 7) is 1.15. The van der Waals surface area contributed by atoms with Crippen molar-refractivity contribution in [1.82, 2.24) is 5.32 Å². The van der Waals surface area contributed by atoms with Gasteiger partial charge in [-0.3, -0.25) is 4.79 Å². The van der Waals surface area contributed by atoms with Crippen LogP contribution in [0.1, 0.15) is 64.2 Å². The summed E-state index contributed by atoms with van der Waals surface area (Å²) in [6, 6.07) is -0.831. The lowest BCUT2D eigenvalue weighted by atomic mass is 9.99. The first-order chi connectivity index (χ1) is 11.6. The molecule has 0 aliphatic heterocycles. The zero-order chi connectivity index (χ0) is 17.6. The molecule has 140 valence electrons. The van der Waals surface area contributed by atoms with Crippen molar-refractivity contribution in [2.45, 2.75) is 76.4 Å². The summed E-state index contributed by atoms with van der Waals surface area (Å²) in [5.74, 6) is -0.994. The molecule has 7 heteroatoms. The second-order valence-electron chi connectivity index (χ2n) is 6.34. The second kappa shape index (κ2) is 13.0. The molecule has 0 heterocycles. The zero-order valence-corrected chi connectivity index (χ0v) is 14.5. The quantitative estimate of drug-likeness (QED) is 0.525. The number of carbonyl (C=O) groups is 2. The molecule has 1 amide bonds. The largest absolute Gasteiger partial charge is 0.480 e. The van der Waals surface area contributed by atoms with Crippen LogP contribution in [0.3, 0.4) is 0 Å². The minimum atomic E-state index is -0.994. The first-order valence-corrected chi connectivity index (χ1v) is 9.10. The van der Waals surface area contributed by atoms with Gasteiger partial charge in [0, 0.05) is 6.54 Å². The highest BCUT2D eigenvalue weighted by molar-refractivity contribution is 5.72. The Kier molecular flexibility index (Phi) is 11.2. The molecule has 0 aromatic carbocycles. The Bertz CT molecular complexity index is 357. The summed E-state index contributed by atoms with van der Waals surface area (Å²) >= 11 is 0. The maximum atomic E-state index is 11.5. The van der Waals surface area contributed by atoms with Crippen LogP contribution in [0.5, 0.6) is 0 Å². The highest BCUT2D eigenvalue weighted by Crippen LogP contribution is 2.19. The average Bonchev–Trinajstić information content (AvgIpc) is 2.52. The van der Waals surface area contributed by atoms with Crippen LogP contribution in [0.2, 0.25) is 0 Å². The summed E-state index contributed by atoms with van der Waals surface area (Å²) < 4.78 is 10.8. The molecule has 1 aliphatic rings. The fourth-order valence-electron chi connectivity index (χ4n) is 2.79. The van der Waals surface area contributed by atoms with Gasteiger partial charge in [0.05, 0.1) is 12.7 Å². The molecular weight excluding hydrogens is 312 g/mol. The number of hydrogen-bond acceptors (Lipinski definition) is 5. The van der Waals surface area contributed by atoms with E-state index in [1.165, 1.54) is 32.1 Å². The van der Waals surface area contributed by atoms with E-state index in [0.29, 0.717) is 38.5 Å². The Morgan fingerprint density at radius 1 is 1.08 bits per heavy atom. The Hall–Kier alpha value is -1.34. The van der Waals surface area contributed by atoms with E-state index in [0.717, 1.165) is 12.8 Å². The van der Waals surface area contributed by atoms with Crippen molar-refractivity contribution in [3.8, 4) is 0 Å². The standard InChI is InChI=1S/C17H32N2O5/c18-15(16(20)21)10-6-7-11-19-17(22)24-13-12-23-14-8-4-2-1-3-5-9-14/h14-15H,1-13,18H2,(H,19,22)(H,20,21). The Labute approximate surface area is 144 Å². The summed E-state index contributed by atoms with van der Waals surface area (Å²) in [4.78, 5) is 22.0. The third kappa shape index (κ3) is 10.4. The molecule has 1 atom stereocenters. The molecule has 24 heavy (non-hydrogen) atoms. The van der Waals surface area contributed by atoms with Crippen LogP contribution in [0.4, 0.5) is 4.79 Å². The van der Waals surface area contributed by atoms with Gasteiger partial charge in [0.1, 0.15) is 12.6 Å². The third-order valence-electron chi connectivity index (χ3n) is 4.25. The van der Waals surface area contributed by atoms with Crippen LogP contribution in [0, 0.1) is 0 Å². The van der Waals surface area contributed by atoms with Crippen LogP contribution >= 0.6 is 0 Å². The number of carboxylic acids is 1. The summed E-state index contributed by atoms with van der Waals surface area (Å²) in [5.41, 5.74) is 5.39. The summed E-state index contributed by atoms with van der Waals surface area (Å²) in [5, 5.41) is 11.3. The van der Waals surface area contributed by atoms with E-state index < -0.39 is 18.1 Å². The van der Waals surface area contributed by atoms with Gasteiger partial charge in [-0.05, 0) is 32.1 Å². The smallest absolute Gasteiger partial charge is 0.407 e. The minimum absolute atomic E-state index is 0.256. The molecule has 0 aromatic rings. The fourth-order valence-corrected chi connectivity index (χ4v) is 2.79. The van der Waals surface area contributed by atoms with Gasteiger partial charge < -0.3 is 25.6 Å². The molecular formula is C17H32N2O5. The van der Waals surface area contributed by atoms with Gasteiger partial charge in [-0.15, -0.1) is 0 Å². The lowest BCUT2D eigenvalue weighted by molar-refractivity contribution is -0.138. The number of carboxylic acid groups (broad SMARTS) is 1. The molecule has 0 radical (unpaired) electrons. The number of ether oxygens (including phenoxy) is 2. The molecule has 0 aromatic heterocycles. The molecule has 0 saturated heterocycles. The van der Waals surface area contributed by atoms with Crippen LogP contribution < -0.4 is 11.1 Å². The number of aliphatic carboxylic acids is 1. The third-order valence-corrected chi connectivity index (χ3v) is 4.25. The number of amides is 1. The normalized spacial score (nSPS) is 17.5. The molecule has 1 rings (SSSR count). The van der Waals surface area contributed by atoms with Crippen LogP contribution in [0.25, 0.3) is 0 Å². The van der Waals surface area contributed by atoms with E-state index in [1.54, 1.807) is 0 Å². The van der Waals surface area contributed by atoms with Gasteiger partial charge >= 0.3 is 12.1 Å². The highest BCUT2D eigenvalue weighted by Gasteiger charge is 2.12. The topological polar surface area (TPSA) is 111 Å². The lowest BCUT2D eigenvalue weighted by Crippen LogP contribution is -2.30. The fraction of sp³-hybridized carbons (Fsp3) is 0.882. The molecule has 1 unspecified atom stereocenters. The SMILES string of the molecule is NC(CCCCNC(=O)OCCOC1CCCCCCC1)C(=O)O. The van der Waals surface area contributed by atoms with Gasteiger partial charge in [-0.25, -0.2) is 4.79 Å². The van der Waals surface area contributed by atoms with Gasteiger partial charge in [-0.2, -0.15) is 0 Å². The summed E-state index contributed by atoms with van der Waals surface area (Å²) in [6.07, 6.45) is 10.1. The first kappa shape index (κ1) is 20.7. The number of rotatable bonds is 10. The number of hydrogen-bond donors (Lipinski definition) is 3. The maximum Gasteiger partial charge on any atom is 0.407 e. The van der Waals surface area contributed by atoms with E-state index in [-0.39, 0.29) is 6.61 Å². The minimum Gasteiger partial charge on any atom is -0.480 e. The van der Waals surface area contributed by atoms with Crippen molar-refractivity contribution in [3.63, 3.8) is 0 Å². The molecule has 0 spiro atoms. The number of carbonyl (C=O) groups excluding carboxylic acids is 1. The highest BCUT2D eigenvalue weighted by atomic mass is 16.6. The van der Waals surface area contributed by atoms with Gasteiger partial charge in [0.25, 0.3) is 0 Å².